The largest absolute Gasteiger partial charge is 0.394 e. The Morgan fingerprint density at radius 3 is 2.52 bits per heavy atom. The van der Waals surface area contributed by atoms with Crippen LogP contribution in [0.4, 0.5) is 5.69 Å². The van der Waals surface area contributed by atoms with Gasteiger partial charge < -0.3 is 20.1 Å². The van der Waals surface area contributed by atoms with Crippen LogP contribution in [-0.2, 0) is 9.53 Å². The summed E-state index contributed by atoms with van der Waals surface area (Å²) in [7, 11) is 0. The fraction of sp³-hybridized carbons (Fsp3) is 0.579. The average Bonchev–Trinajstić information content (AvgIpc) is 2.67. The Hall–Kier alpha value is -1.19. The third kappa shape index (κ3) is 7.38. The first-order valence-electron chi connectivity index (χ1n) is 9.20. The molecule has 0 unspecified atom stereocenters. The monoisotopic (exact) mass is 411 g/mol. The molecular formula is C19H29N3O3S2. The van der Waals surface area contributed by atoms with Crippen molar-refractivity contribution < 1.29 is 14.6 Å². The maximum absolute atomic E-state index is 12.3. The summed E-state index contributed by atoms with van der Waals surface area (Å²) >= 11 is 6.93. The molecule has 0 bridgehead atoms. The van der Waals surface area contributed by atoms with Crippen LogP contribution in [0.2, 0.25) is 0 Å². The zero-order chi connectivity index (χ0) is 19.6. The van der Waals surface area contributed by atoms with Crippen LogP contribution in [-0.4, -0.2) is 83.4 Å². The molecular weight excluding hydrogens is 382 g/mol. The molecule has 1 saturated heterocycles. The average molecular weight is 412 g/mol. The number of nitrogens with zero attached hydrogens (tertiary/aromatic N) is 2. The Kier molecular flexibility index (Phi) is 9.50. The van der Waals surface area contributed by atoms with Crippen molar-refractivity contribution in [2.75, 3.05) is 63.6 Å². The predicted molar refractivity (Wildman–Crippen MR) is 116 cm³/mol. The number of piperazine rings is 1. The molecule has 150 valence electrons. The summed E-state index contributed by atoms with van der Waals surface area (Å²) in [6.45, 7) is 9.54. The lowest BCUT2D eigenvalue weighted by Gasteiger charge is -2.35. The predicted octanol–water partition coefficient (Wildman–Crippen LogP) is 1.89. The van der Waals surface area contributed by atoms with E-state index in [1.807, 2.05) is 32.0 Å². The van der Waals surface area contributed by atoms with Crippen LogP contribution < -0.4 is 5.32 Å². The highest BCUT2D eigenvalue weighted by Crippen LogP contribution is 2.20. The van der Waals surface area contributed by atoms with Gasteiger partial charge in [-0.1, -0.05) is 42.2 Å². The smallest absolute Gasteiger partial charge is 0.234 e. The number of hydrogen-bond donors (Lipinski definition) is 2. The van der Waals surface area contributed by atoms with Crippen molar-refractivity contribution in [3.05, 3.63) is 29.3 Å². The van der Waals surface area contributed by atoms with Gasteiger partial charge in [0, 0.05) is 38.4 Å². The number of carbonyl (C=O) groups excluding carboxylic acids is 1. The van der Waals surface area contributed by atoms with Crippen LogP contribution in [0.15, 0.2) is 18.2 Å². The Morgan fingerprint density at radius 1 is 1.22 bits per heavy atom. The molecule has 0 radical (unpaired) electrons. The number of amides is 1. The number of aryl methyl sites for hydroxylation is 2. The highest BCUT2D eigenvalue weighted by atomic mass is 32.2. The highest BCUT2D eigenvalue weighted by molar-refractivity contribution is 8.23. The first-order valence-corrected chi connectivity index (χ1v) is 10.6. The van der Waals surface area contributed by atoms with Gasteiger partial charge in [0.1, 0.15) is 4.32 Å². The fourth-order valence-electron chi connectivity index (χ4n) is 2.92. The van der Waals surface area contributed by atoms with Gasteiger partial charge in [0.05, 0.1) is 25.6 Å². The van der Waals surface area contributed by atoms with E-state index in [-0.39, 0.29) is 12.5 Å². The second-order valence-electron chi connectivity index (χ2n) is 6.53. The van der Waals surface area contributed by atoms with Crippen molar-refractivity contribution in [3.63, 3.8) is 0 Å². The molecule has 1 fully saturated rings. The van der Waals surface area contributed by atoms with Gasteiger partial charge in [-0.05, 0) is 25.0 Å². The summed E-state index contributed by atoms with van der Waals surface area (Å²) < 4.78 is 6.09. The van der Waals surface area contributed by atoms with E-state index in [9.17, 15) is 4.79 Å². The van der Waals surface area contributed by atoms with Crippen molar-refractivity contribution in [3.8, 4) is 0 Å². The number of ether oxygens (including phenoxy) is 1. The molecule has 1 heterocycles. The molecule has 8 heteroatoms. The number of para-hydroxylation sites is 1. The summed E-state index contributed by atoms with van der Waals surface area (Å²) in [5.41, 5.74) is 3.02. The summed E-state index contributed by atoms with van der Waals surface area (Å²) in [6.07, 6.45) is 0. The second-order valence-corrected chi connectivity index (χ2v) is 8.14. The number of aliphatic hydroxyl groups excluding tert-OH is 1. The second kappa shape index (κ2) is 11.6. The Balaban J connectivity index is 1.68. The van der Waals surface area contributed by atoms with Gasteiger partial charge in [-0.25, -0.2) is 0 Å². The number of nitrogens with one attached hydrogen (secondary N) is 1. The fourth-order valence-corrected chi connectivity index (χ4v) is 3.97. The summed E-state index contributed by atoms with van der Waals surface area (Å²) in [5, 5.41) is 11.7. The topological polar surface area (TPSA) is 65.0 Å². The molecule has 27 heavy (non-hydrogen) atoms. The van der Waals surface area contributed by atoms with E-state index in [4.69, 9.17) is 22.1 Å². The van der Waals surface area contributed by atoms with Crippen molar-refractivity contribution >= 4 is 39.9 Å². The highest BCUT2D eigenvalue weighted by Gasteiger charge is 2.19. The maximum Gasteiger partial charge on any atom is 0.234 e. The van der Waals surface area contributed by atoms with Crippen LogP contribution in [0, 0.1) is 13.8 Å². The summed E-state index contributed by atoms with van der Waals surface area (Å²) in [5.74, 6) is 0.293. The quantitative estimate of drug-likeness (QED) is 0.500. The Bertz CT molecular complexity index is 614. The lowest BCUT2D eigenvalue weighted by Crippen LogP contribution is -2.48. The van der Waals surface area contributed by atoms with E-state index in [2.05, 4.69) is 15.1 Å². The minimum atomic E-state index is -0.0283. The first-order chi connectivity index (χ1) is 13.0. The Morgan fingerprint density at radius 2 is 1.89 bits per heavy atom. The van der Waals surface area contributed by atoms with Gasteiger partial charge in [-0.3, -0.25) is 9.69 Å². The number of rotatable bonds is 8. The van der Waals surface area contributed by atoms with Gasteiger partial charge in [-0.2, -0.15) is 0 Å². The molecule has 0 atom stereocenters. The zero-order valence-electron chi connectivity index (χ0n) is 16.1. The van der Waals surface area contributed by atoms with E-state index < -0.39 is 0 Å². The van der Waals surface area contributed by atoms with Crippen LogP contribution in [0.3, 0.4) is 0 Å². The first kappa shape index (κ1) is 22.1. The van der Waals surface area contributed by atoms with Crippen LogP contribution in [0.1, 0.15) is 11.1 Å². The number of benzene rings is 1. The molecule has 1 aliphatic heterocycles. The van der Waals surface area contributed by atoms with E-state index in [0.29, 0.717) is 19.0 Å². The molecule has 1 aromatic rings. The zero-order valence-corrected chi connectivity index (χ0v) is 17.7. The third-order valence-corrected chi connectivity index (χ3v) is 6.01. The molecule has 0 spiro atoms. The van der Waals surface area contributed by atoms with Crippen LogP contribution in [0.25, 0.3) is 0 Å². The van der Waals surface area contributed by atoms with E-state index in [0.717, 1.165) is 53.9 Å². The lowest BCUT2D eigenvalue weighted by molar-refractivity contribution is -0.113. The molecule has 6 nitrogen and oxygen atoms in total. The summed E-state index contributed by atoms with van der Waals surface area (Å²) in [6, 6.07) is 5.98. The minimum absolute atomic E-state index is 0.0283. The number of aliphatic hydroxyl groups is 1. The van der Waals surface area contributed by atoms with E-state index in [1.165, 1.54) is 11.8 Å². The van der Waals surface area contributed by atoms with Crippen molar-refractivity contribution in [2.45, 2.75) is 13.8 Å². The molecule has 0 aliphatic carbocycles. The number of carbonyl (C=O) groups is 1. The SMILES string of the molecule is Cc1cccc(C)c1NC(=O)CSC(=S)N1CCN(CCOCCO)CC1. The molecule has 1 aliphatic rings. The van der Waals surface area contributed by atoms with Crippen LogP contribution in [0.5, 0.6) is 0 Å². The van der Waals surface area contributed by atoms with Gasteiger partial charge >= 0.3 is 0 Å². The number of thioether (sulfide) groups is 1. The van der Waals surface area contributed by atoms with Gasteiger partial charge in [0.15, 0.2) is 0 Å². The van der Waals surface area contributed by atoms with Gasteiger partial charge in [-0.15, -0.1) is 0 Å². The molecule has 0 saturated carbocycles. The van der Waals surface area contributed by atoms with Crippen molar-refractivity contribution in [1.82, 2.24) is 9.80 Å². The lowest BCUT2D eigenvalue weighted by atomic mass is 10.1. The molecule has 0 aromatic heterocycles. The van der Waals surface area contributed by atoms with Crippen molar-refractivity contribution in [1.29, 1.82) is 0 Å². The number of anilines is 1. The number of thiocarbonyl (C=S) groups is 1. The van der Waals surface area contributed by atoms with E-state index >= 15 is 0 Å². The molecule has 2 rings (SSSR count). The molecule has 2 N–H and O–H groups in total. The van der Waals surface area contributed by atoms with Crippen LogP contribution >= 0.6 is 24.0 Å². The van der Waals surface area contributed by atoms with E-state index in [1.54, 1.807) is 0 Å². The van der Waals surface area contributed by atoms with Gasteiger partial charge in [0.25, 0.3) is 0 Å². The Labute approximate surface area is 171 Å². The van der Waals surface area contributed by atoms with Gasteiger partial charge in [0.2, 0.25) is 5.91 Å². The third-order valence-electron chi connectivity index (χ3n) is 4.49. The molecule has 1 aromatic carbocycles. The molecule has 1 amide bonds. The maximum atomic E-state index is 12.3. The van der Waals surface area contributed by atoms with Crippen molar-refractivity contribution in [2.24, 2.45) is 0 Å². The standard InChI is InChI=1S/C19H29N3O3S2/c1-15-4-3-5-16(2)18(15)20-17(24)14-27-19(26)22-8-6-21(7-9-22)10-12-25-13-11-23/h3-5,23H,6-14H2,1-2H3,(H,20,24). The normalized spacial score (nSPS) is 15.0. The summed E-state index contributed by atoms with van der Waals surface area (Å²) in [4.78, 5) is 16.8. The minimum Gasteiger partial charge on any atom is -0.394 e. The number of hydrogen-bond acceptors (Lipinski definition) is 6.